The summed E-state index contributed by atoms with van der Waals surface area (Å²) in [5, 5.41) is 9.15. The highest BCUT2D eigenvalue weighted by atomic mass is 16.5. The Bertz CT molecular complexity index is 623. The Labute approximate surface area is 110 Å². The fraction of sp³-hybridized carbons (Fsp3) is 0.429. The van der Waals surface area contributed by atoms with Gasteiger partial charge in [0, 0.05) is 13.5 Å². The lowest BCUT2D eigenvalue weighted by molar-refractivity contribution is -0.0719. The highest BCUT2D eigenvalue weighted by Crippen LogP contribution is 2.37. The highest BCUT2D eigenvalue weighted by molar-refractivity contribution is 6.00. The SMILES string of the molecule is COC1(Cc2nc3c(C(=O)O)cccc3[nH]2)CCC1. The number of methoxy groups -OCH3 is 1. The average molecular weight is 260 g/mol. The van der Waals surface area contributed by atoms with Gasteiger partial charge in [0.2, 0.25) is 0 Å². The molecule has 0 saturated heterocycles. The molecule has 100 valence electrons. The number of hydrogen-bond acceptors (Lipinski definition) is 3. The number of carboxylic acid groups (broad SMARTS) is 1. The first-order valence-electron chi connectivity index (χ1n) is 6.40. The lowest BCUT2D eigenvalue weighted by Crippen LogP contribution is -2.41. The molecule has 2 aromatic rings. The molecule has 0 bridgehead atoms. The van der Waals surface area contributed by atoms with Crippen LogP contribution >= 0.6 is 0 Å². The number of rotatable bonds is 4. The largest absolute Gasteiger partial charge is 0.478 e. The first-order chi connectivity index (χ1) is 9.13. The summed E-state index contributed by atoms with van der Waals surface area (Å²) in [6.07, 6.45) is 3.95. The number of ether oxygens (including phenoxy) is 1. The van der Waals surface area contributed by atoms with Crippen molar-refractivity contribution in [2.75, 3.05) is 7.11 Å². The van der Waals surface area contributed by atoms with Gasteiger partial charge in [0.25, 0.3) is 0 Å². The minimum absolute atomic E-state index is 0.114. The zero-order valence-corrected chi connectivity index (χ0v) is 10.8. The van der Waals surface area contributed by atoms with Crippen LogP contribution in [0.4, 0.5) is 0 Å². The second-order valence-electron chi connectivity index (χ2n) is 5.11. The number of aromatic nitrogens is 2. The second-order valence-corrected chi connectivity index (χ2v) is 5.11. The number of carboxylic acids is 1. The van der Waals surface area contributed by atoms with Crippen LogP contribution in [0.2, 0.25) is 0 Å². The van der Waals surface area contributed by atoms with E-state index in [-0.39, 0.29) is 11.2 Å². The fourth-order valence-electron chi connectivity index (χ4n) is 2.67. The van der Waals surface area contributed by atoms with Gasteiger partial charge in [-0.1, -0.05) is 6.07 Å². The number of fused-ring (bicyclic) bond motifs is 1. The Morgan fingerprint density at radius 2 is 2.32 bits per heavy atom. The number of hydrogen-bond donors (Lipinski definition) is 2. The maximum Gasteiger partial charge on any atom is 0.337 e. The van der Waals surface area contributed by atoms with Gasteiger partial charge in [-0.15, -0.1) is 0 Å². The normalized spacial score (nSPS) is 17.3. The Kier molecular flexibility index (Phi) is 2.78. The third-order valence-corrected chi connectivity index (χ3v) is 3.98. The molecule has 1 saturated carbocycles. The average Bonchev–Trinajstić information content (AvgIpc) is 2.75. The van der Waals surface area contributed by atoms with Gasteiger partial charge < -0.3 is 14.8 Å². The maximum absolute atomic E-state index is 11.2. The topological polar surface area (TPSA) is 75.2 Å². The van der Waals surface area contributed by atoms with E-state index in [0.29, 0.717) is 11.9 Å². The maximum atomic E-state index is 11.2. The van der Waals surface area contributed by atoms with E-state index < -0.39 is 5.97 Å². The van der Waals surface area contributed by atoms with Gasteiger partial charge in [-0.2, -0.15) is 0 Å². The summed E-state index contributed by atoms with van der Waals surface area (Å²) < 4.78 is 5.58. The first-order valence-corrected chi connectivity index (χ1v) is 6.40. The molecule has 0 spiro atoms. The number of imidazole rings is 1. The van der Waals surface area contributed by atoms with E-state index in [4.69, 9.17) is 9.84 Å². The van der Waals surface area contributed by atoms with E-state index in [9.17, 15) is 4.79 Å². The van der Waals surface area contributed by atoms with Crippen molar-refractivity contribution in [1.82, 2.24) is 9.97 Å². The van der Waals surface area contributed by atoms with Crippen LogP contribution in [0.3, 0.4) is 0 Å². The zero-order chi connectivity index (χ0) is 13.5. The number of aromatic carboxylic acids is 1. The Balaban J connectivity index is 1.98. The summed E-state index contributed by atoms with van der Waals surface area (Å²) in [5.41, 5.74) is 1.41. The van der Waals surface area contributed by atoms with E-state index in [2.05, 4.69) is 9.97 Å². The molecular weight excluding hydrogens is 244 g/mol. The summed E-state index contributed by atoms with van der Waals surface area (Å²) >= 11 is 0. The van der Waals surface area contributed by atoms with Gasteiger partial charge in [-0.3, -0.25) is 0 Å². The van der Waals surface area contributed by atoms with E-state index >= 15 is 0 Å². The van der Waals surface area contributed by atoms with Gasteiger partial charge in [-0.05, 0) is 31.4 Å². The number of para-hydroxylation sites is 1. The van der Waals surface area contributed by atoms with Gasteiger partial charge in [0.1, 0.15) is 11.3 Å². The minimum atomic E-state index is -0.950. The number of benzene rings is 1. The predicted octanol–water partition coefficient (Wildman–Crippen LogP) is 2.37. The zero-order valence-electron chi connectivity index (χ0n) is 10.8. The van der Waals surface area contributed by atoms with Gasteiger partial charge >= 0.3 is 5.97 Å². The number of nitrogens with one attached hydrogen (secondary N) is 1. The molecule has 2 N–H and O–H groups in total. The molecule has 19 heavy (non-hydrogen) atoms. The number of carbonyl (C=O) groups is 1. The third-order valence-electron chi connectivity index (χ3n) is 3.98. The number of H-pyrrole nitrogens is 1. The number of aromatic amines is 1. The molecule has 1 aliphatic rings. The summed E-state index contributed by atoms with van der Waals surface area (Å²) in [6.45, 7) is 0. The van der Waals surface area contributed by atoms with Crippen molar-refractivity contribution in [3.63, 3.8) is 0 Å². The van der Waals surface area contributed by atoms with Crippen molar-refractivity contribution in [2.24, 2.45) is 0 Å². The van der Waals surface area contributed by atoms with Crippen molar-refractivity contribution < 1.29 is 14.6 Å². The summed E-state index contributed by atoms with van der Waals surface area (Å²) in [7, 11) is 1.73. The Hall–Kier alpha value is -1.88. The fourth-order valence-corrected chi connectivity index (χ4v) is 2.67. The standard InChI is InChI=1S/C14H16N2O3/c1-19-14(6-3-7-14)8-11-15-10-5-2-4-9(13(17)18)12(10)16-11/h2,4-5H,3,6-8H2,1H3,(H,15,16)(H,17,18). The first kappa shape index (κ1) is 12.2. The van der Waals surface area contributed by atoms with Crippen molar-refractivity contribution in [2.45, 2.75) is 31.3 Å². The van der Waals surface area contributed by atoms with Crippen molar-refractivity contribution in [3.8, 4) is 0 Å². The molecule has 0 radical (unpaired) electrons. The van der Waals surface area contributed by atoms with Crippen molar-refractivity contribution in [1.29, 1.82) is 0 Å². The quantitative estimate of drug-likeness (QED) is 0.885. The minimum Gasteiger partial charge on any atom is -0.478 e. The number of nitrogens with zero attached hydrogens (tertiary/aromatic N) is 1. The van der Waals surface area contributed by atoms with Crippen LogP contribution in [0.25, 0.3) is 11.0 Å². The van der Waals surface area contributed by atoms with Crippen LogP contribution in [0, 0.1) is 0 Å². The summed E-state index contributed by atoms with van der Waals surface area (Å²) in [4.78, 5) is 18.8. The molecule has 1 fully saturated rings. The van der Waals surface area contributed by atoms with Gasteiger partial charge in [0.15, 0.2) is 0 Å². The predicted molar refractivity (Wildman–Crippen MR) is 70.3 cm³/mol. The van der Waals surface area contributed by atoms with Gasteiger partial charge in [-0.25, -0.2) is 9.78 Å². The Morgan fingerprint density at radius 1 is 1.53 bits per heavy atom. The van der Waals surface area contributed by atoms with Crippen LogP contribution in [0.1, 0.15) is 35.4 Å². The summed E-state index contributed by atoms with van der Waals surface area (Å²) in [5.74, 6) is -0.154. The van der Waals surface area contributed by atoms with Crippen LogP contribution in [-0.2, 0) is 11.2 Å². The molecule has 5 heteroatoms. The van der Waals surface area contributed by atoms with E-state index in [0.717, 1.165) is 24.2 Å². The molecule has 1 aromatic carbocycles. The molecule has 1 aliphatic carbocycles. The van der Waals surface area contributed by atoms with Crippen molar-refractivity contribution in [3.05, 3.63) is 29.6 Å². The molecule has 1 heterocycles. The van der Waals surface area contributed by atoms with Crippen LogP contribution in [0.5, 0.6) is 0 Å². The summed E-state index contributed by atoms with van der Waals surface area (Å²) in [6, 6.07) is 5.15. The van der Waals surface area contributed by atoms with E-state index in [1.54, 1.807) is 19.2 Å². The van der Waals surface area contributed by atoms with Gasteiger partial charge in [0.05, 0.1) is 16.7 Å². The molecular formula is C14H16N2O3. The van der Waals surface area contributed by atoms with E-state index in [1.165, 1.54) is 6.42 Å². The Morgan fingerprint density at radius 3 is 2.89 bits per heavy atom. The lowest BCUT2D eigenvalue weighted by atomic mass is 9.77. The molecule has 0 aliphatic heterocycles. The second kappa shape index (κ2) is 4.35. The molecule has 1 aromatic heterocycles. The highest BCUT2D eigenvalue weighted by Gasteiger charge is 2.38. The van der Waals surface area contributed by atoms with Crippen molar-refractivity contribution >= 4 is 17.0 Å². The smallest absolute Gasteiger partial charge is 0.337 e. The lowest BCUT2D eigenvalue weighted by Gasteiger charge is -2.39. The monoisotopic (exact) mass is 260 g/mol. The third kappa shape index (κ3) is 2.00. The molecule has 0 amide bonds. The molecule has 3 rings (SSSR count). The van der Waals surface area contributed by atoms with E-state index in [1.807, 2.05) is 6.07 Å². The molecule has 0 atom stereocenters. The van der Waals surface area contributed by atoms with Crippen LogP contribution in [-0.4, -0.2) is 33.8 Å². The van der Waals surface area contributed by atoms with Crippen LogP contribution in [0.15, 0.2) is 18.2 Å². The molecule has 0 unspecified atom stereocenters. The van der Waals surface area contributed by atoms with Crippen LogP contribution < -0.4 is 0 Å². The molecule has 5 nitrogen and oxygen atoms in total.